The van der Waals surface area contributed by atoms with E-state index in [1.54, 1.807) is 17.0 Å². The standard InChI is InChI=1S/C20H24BrNO4S/c1-20(2,3)26-19(23)22-12-10-14(11-13-22)27(24,25)18-9-8-17(21)15-6-4-5-7-16(15)18/h4-9,14H,10-13H2,1-3H3. The zero-order valence-electron chi connectivity index (χ0n) is 15.7. The Morgan fingerprint density at radius 3 is 2.26 bits per heavy atom. The lowest BCUT2D eigenvalue weighted by Crippen LogP contribution is -2.44. The molecule has 2 aromatic carbocycles. The van der Waals surface area contributed by atoms with Crippen molar-refractivity contribution in [3.63, 3.8) is 0 Å². The molecule has 2 aromatic rings. The zero-order valence-corrected chi connectivity index (χ0v) is 18.1. The van der Waals surface area contributed by atoms with Crippen LogP contribution >= 0.6 is 15.9 Å². The first-order chi connectivity index (χ1) is 12.6. The maximum atomic E-state index is 13.3. The Balaban J connectivity index is 1.81. The van der Waals surface area contributed by atoms with Crippen molar-refractivity contribution in [1.82, 2.24) is 4.90 Å². The predicted octanol–water partition coefficient (Wildman–Crippen LogP) is 4.78. The second-order valence-electron chi connectivity index (χ2n) is 7.80. The molecule has 0 bridgehead atoms. The van der Waals surface area contributed by atoms with Crippen LogP contribution in [0.5, 0.6) is 0 Å². The van der Waals surface area contributed by atoms with Crippen molar-refractivity contribution in [2.24, 2.45) is 0 Å². The Labute approximate surface area is 168 Å². The number of sulfone groups is 1. The molecule has 146 valence electrons. The molecular formula is C20H24BrNO4S. The molecule has 1 aliphatic heterocycles. The van der Waals surface area contributed by atoms with Gasteiger partial charge in [-0.1, -0.05) is 40.2 Å². The van der Waals surface area contributed by atoms with Gasteiger partial charge in [-0.25, -0.2) is 13.2 Å². The minimum atomic E-state index is -3.49. The molecule has 0 saturated carbocycles. The number of nitrogens with zero attached hydrogens (tertiary/aromatic N) is 1. The Morgan fingerprint density at radius 2 is 1.67 bits per heavy atom. The van der Waals surface area contributed by atoms with Gasteiger partial charge >= 0.3 is 6.09 Å². The largest absolute Gasteiger partial charge is 0.444 e. The number of hydrogen-bond acceptors (Lipinski definition) is 4. The lowest BCUT2D eigenvalue weighted by Gasteiger charge is -2.33. The summed E-state index contributed by atoms with van der Waals surface area (Å²) in [6.45, 7) is 6.23. The van der Waals surface area contributed by atoms with E-state index < -0.39 is 20.7 Å². The van der Waals surface area contributed by atoms with Crippen molar-refractivity contribution in [3.05, 3.63) is 40.9 Å². The molecule has 0 aromatic heterocycles. The monoisotopic (exact) mass is 453 g/mol. The molecule has 3 rings (SSSR count). The van der Waals surface area contributed by atoms with E-state index in [1.807, 2.05) is 45.0 Å². The number of likely N-dealkylation sites (tertiary alicyclic amines) is 1. The van der Waals surface area contributed by atoms with Gasteiger partial charge in [0.2, 0.25) is 0 Å². The van der Waals surface area contributed by atoms with E-state index in [4.69, 9.17) is 4.74 Å². The molecule has 27 heavy (non-hydrogen) atoms. The summed E-state index contributed by atoms with van der Waals surface area (Å²) in [5.74, 6) is 0. The summed E-state index contributed by atoms with van der Waals surface area (Å²) in [6, 6.07) is 10.9. The Hall–Kier alpha value is -1.60. The Kier molecular flexibility index (Phi) is 5.54. The topological polar surface area (TPSA) is 63.7 Å². The molecule has 1 fully saturated rings. The fourth-order valence-corrected chi connectivity index (χ4v) is 5.75. The van der Waals surface area contributed by atoms with Gasteiger partial charge in [0.25, 0.3) is 0 Å². The van der Waals surface area contributed by atoms with Gasteiger partial charge in [-0.3, -0.25) is 0 Å². The molecular weight excluding hydrogens is 430 g/mol. The van der Waals surface area contributed by atoms with Crippen LogP contribution in [0.15, 0.2) is 45.8 Å². The van der Waals surface area contributed by atoms with Crippen LogP contribution in [-0.4, -0.2) is 43.4 Å². The number of carbonyl (C=O) groups excluding carboxylic acids is 1. The lowest BCUT2D eigenvalue weighted by atomic mass is 10.1. The lowest BCUT2D eigenvalue weighted by molar-refractivity contribution is 0.0217. The fraction of sp³-hybridized carbons (Fsp3) is 0.450. The molecule has 1 saturated heterocycles. The number of amides is 1. The van der Waals surface area contributed by atoms with Gasteiger partial charge in [0, 0.05) is 22.9 Å². The van der Waals surface area contributed by atoms with Crippen molar-refractivity contribution >= 4 is 42.6 Å². The summed E-state index contributed by atoms with van der Waals surface area (Å²) >= 11 is 3.49. The summed E-state index contributed by atoms with van der Waals surface area (Å²) in [6.07, 6.45) is 0.435. The van der Waals surface area contributed by atoms with Crippen LogP contribution in [0.4, 0.5) is 4.79 Å². The highest BCUT2D eigenvalue weighted by atomic mass is 79.9. The van der Waals surface area contributed by atoms with Gasteiger partial charge < -0.3 is 9.64 Å². The van der Waals surface area contributed by atoms with Gasteiger partial charge in [0.1, 0.15) is 5.60 Å². The van der Waals surface area contributed by atoms with Crippen LogP contribution in [0.3, 0.4) is 0 Å². The van der Waals surface area contributed by atoms with Crippen LogP contribution < -0.4 is 0 Å². The normalized spacial score (nSPS) is 16.5. The first-order valence-corrected chi connectivity index (χ1v) is 11.3. The fourth-order valence-electron chi connectivity index (χ4n) is 3.34. The van der Waals surface area contributed by atoms with Crippen molar-refractivity contribution in [3.8, 4) is 0 Å². The molecule has 0 atom stereocenters. The van der Waals surface area contributed by atoms with Crippen molar-refractivity contribution < 1.29 is 17.9 Å². The van der Waals surface area contributed by atoms with E-state index in [2.05, 4.69) is 15.9 Å². The second-order valence-corrected chi connectivity index (χ2v) is 10.9. The number of fused-ring (bicyclic) bond motifs is 1. The highest BCUT2D eigenvalue weighted by Gasteiger charge is 2.35. The third-order valence-electron chi connectivity index (χ3n) is 4.67. The average molecular weight is 454 g/mol. The number of rotatable bonds is 2. The molecule has 0 radical (unpaired) electrons. The van der Waals surface area contributed by atoms with Crippen LogP contribution in [0, 0.1) is 0 Å². The first-order valence-electron chi connectivity index (χ1n) is 8.99. The molecule has 7 heteroatoms. The van der Waals surface area contributed by atoms with Gasteiger partial charge in [0.15, 0.2) is 9.84 Å². The maximum Gasteiger partial charge on any atom is 0.410 e. The molecule has 1 amide bonds. The number of hydrogen-bond donors (Lipinski definition) is 0. The summed E-state index contributed by atoms with van der Waals surface area (Å²) in [5.41, 5.74) is -0.559. The second kappa shape index (κ2) is 7.43. The zero-order chi connectivity index (χ0) is 19.8. The number of carbonyl (C=O) groups is 1. The third kappa shape index (κ3) is 4.29. The van der Waals surface area contributed by atoms with Gasteiger partial charge in [0.05, 0.1) is 10.1 Å². The van der Waals surface area contributed by atoms with E-state index in [0.717, 1.165) is 15.2 Å². The molecule has 0 aliphatic carbocycles. The number of halogens is 1. The molecule has 1 heterocycles. The Morgan fingerprint density at radius 1 is 1.07 bits per heavy atom. The van der Waals surface area contributed by atoms with E-state index in [9.17, 15) is 13.2 Å². The molecule has 1 aliphatic rings. The van der Waals surface area contributed by atoms with Crippen LogP contribution in [0.2, 0.25) is 0 Å². The third-order valence-corrected chi connectivity index (χ3v) is 7.68. The van der Waals surface area contributed by atoms with Crippen molar-refractivity contribution in [2.75, 3.05) is 13.1 Å². The molecule has 0 unspecified atom stereocenters. The van der Waals surface area contributed by atoms with E-state index in [-0.39, 0.29) is 6.09 Å². The summed E-state index contributed by atoms with van der Waals surface area (Å²) in [4.78, 5) is 14.2. The summed E-state index contributed by atoms with van der Waals surface area (Å²) in [5, 5.41) is 1.10. The van der Waals surface area contributed by atoms with Crippen LogP contribution in [0.1, 0.15) is 33.6 Å². The molecule has 5 nitrogen and oxygen atoms in total. The van der Waals surface area contributed by atoms with E-state index in [1.165, 1.54) is 0 Å². The van der Waals surface area contributed by atoms with Crippen molar-refractivity contribution in [1.29, 1.82) is 0 Å². The van der Waals surface area contributed by atoms with Gasteiger partial charge in [-0.15, -0.1) is 0 Å². The van der Waals surface area contributed by atoms with E-state index in [0.29, 0.717) is 30.8 Å². The minimum Gasteiger partial charge on any atom is -0.444 e. The maximum absolute atomic E-state index is 13.3. The first kappa shape index (κ1) is 20.1. The minimum absolute atomic E-state index is 0.358. The Bertz CT molecular complexity index is 958. The molecule has 0 spiro atoms. The molecule has 0 N–H and O–H groups in total. The van der Waals surface area contributed by atoms with Crippen molar-refractivity contribution in [2.45, 2.75) is 49.4 Å². The van der Waals surface area contributed by atoms with Gasteiger partial charge in [-0.2, -0.15) is 0 Å². The van der Waals surface area contributed by atoms with Crippen LogP contribution in [-0.2, 0) is 14.6 Å². The van der Waals surface area contributed by atoms with Gasteiger partial charge in [-0.05, 0) is 51.1 Å². The number of benzene rings is 2. The highest BCUT2D eigenvalue weighted by Crippen LogP contribution is 2.33. The average Bonchev–Trinajstić information content (AvgIpc) is 2.61. The van der Waals surface area contributed by atoms with E-state index >= 15 is 0 Å². The highest BCUT2D eigenvalue weighted by molar-refractivity contribution is 9.10. The quantitative estimate of drug-likeness (QED) is 0.656. The number of piperidine rings is 1. The smallest absolute Gasteiger partial charge is 0.410 e. The predicted molar refractivity (Wildman–Crippen MR) is 110 cm³/mol. The summed E-state index contributed by atoms with van der Waals surface area (Å²) < 4.78 is 32.8. The SMILES string of the molecule is CC(C)(C)OC(=O)N1CCC(S(=O)(=O)c2ccc(Br)c3ccccc23)CC1. The number of ether oxygens (including phenoxy) is 1. The summed E-state index contributed by atoms with van der Waals surface area (Å²) in [7, 11) is -3.49. The van der Waals surface area contributed by atoms with Crippen LogP contribution in [0.25, 0.3) is 10.8 Å².